The summed E-state index contributed by atoms with van der Waals surface area (Å²) in [4.78, 5) is 23.3. The third-order valence-electron chi connectivity index (χ3n) is 2.33. The molecule has 0 atom stereocenters. The van der Waals surface area contributed by atoms with Crippen molar-refractivity contribution in [3.05, 3.63) is 51.9 Å². The summed E-state index contributed by atoms with van der Waals surface area (Å²) in [6, 6.07) is 8.03. The highest BCUT2D eigenvalue weighted by molar-refractivity contribution is 6.33. The van der Waals surface area contributed by atoms with Gasteiger partial charge in [-0.05, 0) is 12.1 Å². The smallest absolute Gasteiger partial charge is 0.269 e. The molecule has 2 aromatic rings. The van der Waals surface area contributed by atoms with Crippen LogP contribution in [0.2, 0.25) is 5.02 Å². The number of nitrogens with two attached hydrogens (primary N) is 1. The van der Waals surface area contributed by atoms with Gasteiger partial charge in [0.1, 0.15) is 6.54 Å². The summed E-state index contributed by atoms with van der Waals surface area (Å²) >= 11 is 5.91. The third-order valence-corrected chi connectivity index (χ3v) is 2.66. The number of nitrogens with zero attached hydrogens (tertiary/aromatic N) is 2. The zero-order valence-electron chi connectivity index (χ0n) is 9.84. The number of aromatic nitrogens is 2. The molecule has 6 nitrogen and oxygen atoms in total. The quantitative estimate of drug-likeness (QED) is 0.880. The summed E-state index contributed by atoms with van der Waals surface area (Å²) in [5, 5.41) is 6.79. The lowest BCUT2D eigenvalue weighted by Crippen LogP contribution is -2.29. The Hall–Kier alpha value is -2.34. The number of rotatable bonds is 3. The molecule has 1 aromatic heterocycles. The molecule has 0 bridgehead atoms. The summed E-state index contributed by atoms with van der Waals surface area (Å²) in [5.74, 6) is -0.396. The fraction of sp³-hybridized carbons (Fsp3) is 0.0833. The van der Waals surface area contributed by atoms with Crippen molar-refractivity contribution in [3.63, 3.8) is 0 Å². The number of anilines is 2. The van der Waals surface area contributed by atoms with E-state index in [0.29, 0.717) is 10.7 Å². The van der Waals surface area contributed by atoms with Crippen LogP contribution in [0, 0.1) is 0 Å². The van der Waals surface area contributed by atoms with Crippen LogP contribution < -0.4 is 16.6 Å². The van der Waals surface area contributed by atoms with Crippen LogP contribution in [0.15, 0.2) is 41.3 Å². The largest absolute Gasteiger partial charge is 0.397 e. The zero-order chi connectivity index (χ0) is 13.8. The highest BCUT2D eigenvalue weighted by Crippen LogP contribution is 2.20. The number of amides is 1. The molecule has 0 fully saturated rings. The van der Waals surface area contributed by atoms with Gasteiger partial charge in [-0.3, -0.25) is 9.59 Å². The van der Waals surface area contributed by atoms with E-state index in [0.717, 1.165) is 4.68 Å². The SMILES string of the molecule is Nc1cnn(CC(=O)Nc2ccccc2Cl)c(=O)c1. The molecule has 1 amide bonds. The van der Waals surface area contributed by atoms with Crippen molar-refractivity contribution >= 4 is 28.9 Å². The second kappa shape index (κ2) is 5.53. The summed E-state index contributed by atoms with van der Waals surface area (Å²) < 4.78 is 1.02. The van der Waals surface area contributed by atoms with E-state index in [2.05, 4.69) is 10.4 Å². The summed E-state index contributed by atoms with van der Waals surface area (Å²) in [6.45, 7) is -0.204. The molecule has 0 saturated carbocycles. The van der Waals surface area contributed by atoms with Crippen LogP contribution in [0.5, 0.6) is 0 Å². The fourth-order valence-corrected chi connectivity index (χ4v) is 1.64. The lowest BCUT2D eigenvalue weighted by molar-refractivity contribution is -0.117. The first-order valence-corrected chi connectivity index (χ1v) is 5.81. The minimum atomic E-state index is -0.436. The van der Waals surface area contributed by atoms with E-state index in [1.807, 2.05) is 0 Å². The van der Waals surface area contributed by atoms with Crippen molar-refractivity contribution in [2.24, 2.45) is 0 Å². The number of hydrogen-bond acceptors (Lipinski definition) is 4. The molecule has 2 rings (SSSR count). The first-order chi connectivity index (χ1) is 9.06. The van der Waals surface area contributed by atoms with Gasteiger partial charge in [0.2, 0.25) is 5.91 Å². The van der Waals surface area contributed by atoms with Crippen LogP contribution >= 0.6 is 11.6 Å². The van der Waals surface area contributed by atoms with Crippen molar-refractivity contribution in [1.29, 1.82) is 0 Å². The molecule has 0 radical (unpaired) electrons. The maximum atomic E-state index is 11.8. The van der Waals surface area contributed by atoms with Gasteiger partial charge in [0.25, 0.3) is 5.56 Å². The van der Waals surface area contributed by atoms with Crippen LogP contribution in [-0.4, -0.2) is 15.7 Å². The molecule has 0 aliphatic rings. The van der Waals surface area contributed by atoms with Crippen molar-refractivity contribution < 1.29 is 4.79 Å². The van der Waals surface area contributed by atoms with Crippen molar-refractivity contribution in [1.82, 2.24) is 9.78 Å². The van der Waals surface area contributed by atoms with Gasteiger partial charge in [-0.15, -0.1) is 0 Å². The number of hydrogen-bond donors (Lipinski definition) is 2. The zero-order valence-corrected chi connectivity index (χ0v) is 10.6. The minimum absolute atomic E-state index is 0.204. The molecule has 7 heteroatoms. The summed E-state index contributed by atoms with van der Waals surface area (Å²) in [6.07, 6.45) is 1.31. The number of nitrogens with one attached hydrogen (secondary N) is 1. The second-order valence-corrected chi connectivity index (χ2v) is 4.22. The first kappa shape index (κ1) is 13.1. The first-order valence-electron chi connectivity index (χ1n) is 5.43. The van der Waals surface area contributed by atoms with E-state index in [1.165, 1.54) is 12.3 Å². The van der Waals surface area contributed by atoms with Crippen LogP contribution in [0.3, 0.4) is 0 Å². The van der Waals surface area contributed by atoms with Crippen molar-refractivity contribution in [2.45, 2.75) is 6.54 Å². The normalized spacial score (nSPS) is 10.2. The molecular weight excluding hydrogens is 268 g/mol. The fourth-order valence-electron chi connectivity index (χ4n) is 1.45. The second-order valence-electron chi connectivity index (χ2n) is 3.81. The molecule has 1 heterocycles. The molecule has 0 aliphatic carbocycles. The maximum Gasteiger partial charge on any atom is 0.269 e. The molecule has 3 N–H and O–H groups in total. The lowest BCUT2D eigenvalue weighted by atomic mass is 10.3. The Morgan fingerprint density at radius 1 is 1.42 bits per heavy atom. The van der Waals surface area contributed by atoms with Crippen LogP contribution in [0.25, 0.3) is 0 Å². The van der Waals surface area contributed by atoms with E-state index in [9.17, 15) is 9.59 Å². The average molecular weight is 279 g/mol. The Morgan fingerprint density at radius 2 is 2.16 bits per heavy atom. The average Bonchev–Trinajstić information content (AvgIpc) is 2.36. The number of carbonyl (C=O) groups is 1. The molecule has 0 saturated heterocycles. The lowest BCUT2D eigenvalue weighted by Gasteiger charge is -2.07. The van der Waals surface area contributed by atoms with Gasteiger partial charge in [-0.25, -0.2) is 4.68 Å². The van der Waals surface area contributed by atoms with Gasteiger partial charge >= 0.3 is 0 Å². The van der Waals surface area contributed by atoms with Gasteiger partial charge in [0.05, 0.1) is 22.6 Å². The Morgan fingerprint density at radius 3 is 2.84 bits per heavy atom. The molecular formula is C12H11ClN4O2. The number of carbonyl (C=O) groups excluding carboxylic acids is 1. The van der Waals surface area contributed by atoms with E-state index < -0.39 is 11.5 Å². The highest BCUT2D eigenvalue weighted by atomic mass is 35.5. The predicted molar refractivity (Wildman–Crippen MR) is 73.0 cm³/mol. The summed E-state index contributed by atoms with van der Waals surface area (Å²) in [5.41, 5.74) is 5.71. The van der Waals surface area contributed by atoms with Gasteiger partial charge < -0.3 is 11.1 Å². The standard InChI is InChI=1S/C12H11ClN4O2/c13-9-3-1-2-4-10(9)16-11(18)7-17-12(19)5-8(14)6-15-17/h1-6H,7,14H2,(H,16,18). The Kier molecular flexibility index (Phi) is 3.82. The van der Waals surface area contributed by atoms with Gasteiger partial charge in [0, 0.05) is 6.07 Å². The number of para-hydroxylation sites is 1. The third kappa shape index (κ3) is 3.32. The Bertz CT molecular complexity index is 669. The van der Waals surface area contributed by atoms with E-state index in [4.69, 9.17) is 17.3 Å². The van der Waals surface area contributed by atoms with Gasteiger partial charge in [-0.1, -0.05) is 23.7 Å². The van der Waals surface area contributed by atoms with Gasteiger partial charge in [0.15, 0.2) is 0 Å². The van der Waals surface area contributed by atoms with Crippen LogP contribution in [0.4, 0.5) is 11.4 Å². The topological polar surface area (TPSA) is 90.0 Å². The highest BCUT2D eigenvalue weighted by Gasteiger charge is 2.08. The molecule has 1 aromatic carbocycles. The predicted octanol–water partition coefficient (Wildman–Crippen LogP) is 1.12. The Balaban J connectivity index is 2.10. The minimum Gasteiger partial charge on any atom is -0.397 e. The molecule has 0 spiro atoms. The monoisotopic (exact) mass is 278 g/mol. The van der Waals surface area contributed by atoms with Crippen molar-refractivity contribution in [3.8, 4) is 0 Å². The molecule has 0 unspecified atom stereocenters. The van der Waals surface area contributed by atoms with E-state index in [1.54, 1.807) is 24.3 Å². The molecule has 0 aliphatic heterocycles. The Labute approximate surface area is 113 Å². The van der Waals surface area contributed by atoms with E-state index in [-0.39, 0.29) is 12.2 Å². The van der Waals surface area contributed by atoms with Crippen LogP contribution in [-0.2, 0) is 11.3 Å². The molecule has 98 valence electrons. The summed E-state index contributed by atoms with van der Waals surface area (Å²) in [7, 11) is 0. The van der Waals surface area contributed by atoms with Gasteiger partial charge in [-0.2, -0.15) is 5.10 Å². The number of nitrogen functional groups attached to an aromatic ring is 1. The molecule has 19 heavy (non-hydrogen) atoms. The number of benzene rings is 1. The number of halogens is 1. The van der Waals surface area contributed by atoms with Crippen molar-refractivity contribution in [2.75, 3.05) is 11.1 Å². The maximum absolute atomic E-state index is 11.8. The van der Waals surface area contributed by atoms with E-state index >= 15 is 0 Å². The van der Waals surface area contributed by atoms with Crippen LogP contribution in [0.1, 0.15) is 0 Å².